The molecule has 2 unspecified atom stereocenters. The van der Waals surface area contributed by atoms with Crippen LogP contribution in [0.25, 0.3) is 0 Å². The Labute approximate surface area is 390 Å². The number of rotatable bonds is 45. The van der Waals surface area contributed by atoms with Gasteiger partial charge in [-0.05, 0) is 96.3 Å². The molecule has 0 bridgehead atoms. The quantitative estimate of drug-likeness (QED) is 0.0422. The highest BCUT2D eigenvalue weighted by atomic mass is 16.3. The minimum Gasteiger partial charge on any atom is -0.394 e. The number of carbonyl (C=O) groups excluding carboxylic acids is 1. The Hall–Kier alpha value is -3.47. The number of amides is 1. The molecule has 0 spiro atoms. The van der Waals surface area contributed by atoms with Crippen LogP contribution in [0.4, 0.5) is 0 Å². The molecule has 0 aromatic rings. The van der Waals surface area contributed by atoms with E-state index in [9.17, 15) is 15.0 Å². The fraction of sp³-hybridized carbons (Fsp3) is 0.610. The van der Waals surface area contributed by atoms with E-state index in [-0.39, 0.29) is 12.5 Å². The highest BCUT2D eigenvalue weighted by Gasteiger charge is 2.17. The van der Waals surface area contributed by atoms with Gasteiger partial charge in [-0.15, -0.1) is 0 Å². The van der Waals surface area contributed by atoms with Gasteiger partial charge in [-0.2, -0.15) is 0 Å². The monoisotopic (exact) mass is 868 g/mol. The number of carbonyl (C=O) groups is 1. The minimum atomic E-state index is -0.860. The molecule has 3 N–H and O–H groups in total. The number of nitrogens with one attached hydrogen (secondary N) is 1. The second kappa shape index (κ2) is 52.9. The van der Waals surface area contributed by atoms with Crippen LogP contribution >= 0.6 is 0 Å². The first-order chi connectivity index (χ1) is 31.2. The van der Waals surface area contributed by atoms with Gasteiger partial charge in [0.25, 0.3) is 0 Å². The average molecular weight is 868 g/mol. The van der Waals surface area contributed by atoms with Crippen LogP contribution < -0.4 is 5.32 Å². The summed E-state index contributed by atoms with van der Waals surface area (Å²) in [4.78, 5) is 12.4. The number of allylic oxidation sites excluding steroid dienone is 21. The van der Waals surface area contributed by atoms with Crippen molar-refractivity contribution in [1.29, 1.82) is 0 Å². The highest BCUT2D eigenvalue weighted by Crippen LogP contribution is 2.14. The van der Waals surface area contributed by atoms with Gasteiger partial charge in [0.15, 0.2) is 0 Å². The van der Waals surface area contributed by atoms with Crippen molar-refractivity contribution in [3.05, 3.63) is 134 Å². The van der Waals surface area contributed by atoms with Crippen LogP contribution in [0.2, 0.25) is 0 Å². The Kier molecular flexibility index (Phi) is 50.0. The van der Waals surface area contributed by atoms with Crippen molar-refractivity contribution in [2.75, 3.05) is 6.61 Å². The molecule has 0 aromatic heterocycles. The minimum absolute atomic E-state index is 0.0942. The van der Waals surface area contributed by atoms with Crippen molar-refractivity contribution >= 4 is 5.91 Å². The second-order valence-electron chi connectivity index (χ2n) is 16.9. The lowest BCUT2D eigenvalue weighted by Gasteiger charge is -2.20. The molecule has 4 nitrogen and oxygen atoms in total. The van der Waals surface area contributed by atoms with Gasteiger partial charge in [-0.3, -0.25) is 4.79 Å². The predicted octanol–water partition coefficient (Wildman–Crippen LogP) is 17.1. The van der Waals surface area contributed by atoms with E-state index in [4.69, 9.17) is 0 Å². The smallest absolute Gasteiger partial charge is 0.220 e. The molecule has 0 fully saturated rings. The van der Waals surface area contributed by atoms with Gasteiger partial charge >= 0.3 is 0 Å². The predicted molar refractivity (Wildman–Crippen MR) is 280 cm³/mol. The topological polar surface area (TPSA) is 69.6 Å². The fourth-order valence-corrected chi connectivity index (χ4v) is 6.97. The molecule has 1 amide bonds. The largest absolute Gasteiger partial charge is 0.394 e. The van der Waals surface area contributed by atoms with Crippen LogP contribution in [-0.4, -0.2) is 34.9 Å². The summed E-state index contributed by atoms with van der Waals surface area (Å²) >= 11 is 0. The maximum Gasteiger partial charge on any atom is 0.220 e. The maximum atomic E-state index is 12.4. The third kappa shape index (κ3) is 49.4. The van der Waals surface area contributed by atoms with Crippen LogP contribution in [0.3, 0.4) is 0 Å². The first-order valence-corrected chi connectivity index (χ1v) is 25.9. The van der Waals surface area contributed by atoms with Gasteiger partial charge in [-0.1, -0.05) is 244 Å². The molecule has 4 heteroatoms. The number of aliphatic hydroxyl groups excluding tert-OH is 2. The number of unbranched alkanes of at least 4 members (excludes halogenated alkanes) is 18. The lowest BCUT2D eigenvalue weighted by molar-refractivity contribution is -0.123. The molecule has 0 aliphatic rings. The molecule has 356 valence electrons. The molecule has 0 aromatic carbocycles. The molecular weight excluding hydrogens is 771 g/mol. The van der Waals surface area contributed by atoms with E-state index >= 15 is 0 Å². The van der Waals surface area contributed by atoms with Gasteiger partial charge in [-0.25, -0.2) is 0 Å². The van der Waals surface area contributed by atoms with E-state index in [0.29, 0.717) is 6.42 Å². The normalized spacial score (nSPS) is 14.0. The van der Waals surface area contributed by atoms with Crippen LogP contribution in [0.1, 0.15) is 213 Å². The molecular formula is C59H97NO3. The van der Waals surface area contributed by atoms with E-state index < -0.39 is 12.1 Å². The van der Waals surface area contributed by atoms with Gasteiger partial charge in [0.05, 0.1) is 18.8 Å². The summed E-state index contributed by atoms with van der Waals surface area (Å²) in [6, 6.07) is -0.646. The van der Waals surface area contributed by atoms with Crippen molar-refractivity contribution in [2.24, 2.45) is 0 Å². The third-order valence-electron chi connectivity index (χ3n) is 10.9. The standard InChI is InChI=1S/C59H97NO3/c1-3-5-7-9-11-13-15-17-19-21-22-23-24-25-26-27-28-29-30-31-32-33-34-35-36-37-38-39-41-43-45-47-49-51-53-55-59(63)60-57(56-61)58(62)54-52-50-48-46-44-42-40-20-18-16-14-12-10-8-6-4-2/h5,7,11,13,17,19,22-23,25-26,28-29,31-32,34-35,37-38,41,43,52,54,57-58,61-62H,3-4,6,8-10,12,14-16,18,20-21,24,27,30,33,36,39-40,42,44-51,53,55-56H2,1-2H3,(H,60,63)/b7-5-,13-11-,19-17-,23-22-,26-25-,29-28-,32-31-,35-34-,38-37-,43-41-,54-52+. The number of aliphatic hydroxyl groups is 2. The molecule has 0 saturated carbocycles. The molecule has 0 radical (unpaired) electrons. The van der Waals surface area contributed by atoms with Crippen molar-refractivity contribution in [3.8, 4) is 0 Å². The zero-order chi connectivity index (χ0) is 45.6. The Morgan fingerprint density at radius 3 is 1.05 bits per heavy atom. The van der Waals surface area contributed by atoms with Crippen LogP contribution in [0, 0.1) is 0 Å². The fourth-order valence-electron chi connectivity index (χ4n) is 6.97. The molecule has 2 atom stereocenters. The average Bonchev–Trinajstić information content (AvgIpc) is 3.29. The molecule has 0 saturated heterocycles. The Morgan fingerprint density at radius 1 is 0.397 bits per heavy atom. The highest BCUT2D eigenvalue weighted by molar-refractivity contribution is 5.76. The number of hydrogen-bond acceptors (Lipinski definition) is 3. The first kappa shape index (κ1) is 59.5. The summed E-state index contributed by atoms with van der Waals surface area (Å²) < 4.78 is 0. The first-order valence-electron chi connectivity index (χ1n) is 25.9. The van der Waals surface area contributed by atoms with E-state index in [1.54, 1.807) is 6.08 Å². The van der Waals surface area contributed by atoms with E-state index in [1.807, 2.05) is 6.08 Å². The van der Waals surface area contributed by atoms with Gasteiger partial charge < -0.3 is 15.5 Å². The third-order valence-corrected chi connectivity index (χ3v) is 10.9. The van der Waals surface area contributed by atoms with E-state index in [1.165, 1.54) is 83.5 Å². The summed E-state index contributed by atoms with van der Waals surface area (Å²) in [5.74, 6) is -0.0942. The summed E-state index contributed by atoms with van der Waals surface area (Å²) in [6.45, 7) is 4.17. The van der Waals surface area contributed by atoms with Gasteiger partial charge in [0.2, 0.25) is 5.91 Å². The summed E-state index contributed by atoms with van der Waals surface area (Å²) in [6.07, 6.45) is 82.9. The molecule has 0 rings (SSSR count). The van der Waals surface area contributed by atoms with Crippen molar-refractivity contribution in [1.82, 2.24) is 5.32 Å². The van der Waals surface area contributed by atoms with Crippen molar-refractivity contribution in [3.63, 3.8) is 0 Å². The maximum absolute atomic E-state index is 12.4. The Bertz CT molecular complexity index is 1310. The summed E-state index contributed by atoms with van der Waals surface area (Å²) in [5.41, 5.74) is 0. The molecule has 0 aliphatic carbocycles. The summed E-state index contributed by atoms with van der Waals surface area (Å²) in [5, 5.41) is 23.1. The Morgan fingerprint density at radius 2 is 0.698 bits per heavy atom. The van der Waals surface area contributed by atoms with E-state index in [0.717, 1.165) is 109 Å². The van der Waals surface area contributed by atoms with Crippen molar-refractivity contribution in [2.45, 2.75) is 225 Å². The second-order valence-corrected chi connectivity index (χ2v) is 16.9. The van der Waals surface area contributed by atoms with Gasteiger partial charge in [0.1, 0.15) is 0 Å². The van der Waals surface area contributed by atoms with Gasteiger partial charge in [0, 0.05) is 6.42 Å². The van der Waals surface area contributed by atoms with Crippen LogP contribution in [-0.2, 0) is 4.79 Å². The number of hydrogen-bond donors (Lipinski definition) is 3. The van der Waals surface area contributed by atoms with Crippen molar-refractivity contribution < 1.29 is 15.0 Å². The van der Waals surface area contributed by atoms with Crippen LogP contribution in [0.15, 0.2) is 134 Å². The van der Waals surface area contributed by atoms with E-state index in [2.05, 4.69) is 141 Å². The zero-order valence-electron chi connectivity index (χ0n) is 40.8. The lowest BCUT2D eigenvalue weighted by Crippen LogP contribution is -2.45. The molecule has 0 aliphatic heterocycles. The lowest BCUT2D eigenvalue weighted by atomic mass is 10.0. The molecule has 0 heterocycles. The summed E-state index contributed by atoms with van der Waals surface area (Å²) in [7, 11) is 0. The SMILES string of the molecule is CC/C=C\C/C=C\C/C=C\C/C=C\C/C=C\C/C=C\C/C=C\C/C=C\C/C=C\C/C=C\CCCCCCC(=O)NC(CO)C(O)/C=C/CCCCCCCCCCCCCCCC. The Balaban J connectivity index is 3.71. The zero-order valence-corrected chi connectivity index (χ0v) is 40.8. The molecule has 63 heavy (non-hydrogen) atoms. The van der Waals surface area contributed by atoms with Crippen LogP contribution in [0.5, 0.6) is 0 Å².